The van der Waals surface area contributed by atoms with Gasteiger partial charge in [-0.25, -0.2) is 4.98 Å². The van der Waals surface area contributed by atoms with E-state index in [4.69, 9.17) is 4.74 Å². The fourth-order valence-electron chi connectivity index (χ4n) is 2.66. The predicted octanol–water partition coefficient (Wildman–Crippen LogP) is 4.70. The van der Waals surface area contributed by atoms with E-state index in [9.17, 15) is 0 Å². The minimum Gasteiger partial charge on any atom is -0.497 e. The van der Waals surface area contributed by atoms with Crippen LogP contribution in [0.3, 0.4) is 0 Å². The van der Waals surface area contributed by atoms with Crippen molar-refractivity contribution in [3.8, 4) is 5.75 Å². The molecule has 3 rings (SSSR count). The summed E-state index contributed by atoms with van der Waals surface area (Å²) in [7, 11) is 1.65. The number of hydrogen-bond donors (Lipinski definition) is 1. The zero-order chi connectivity index (χ0) is 17.6. The van der Waals surface area contributed by atoms with Crippen molar-refractivity contribution < 1.29 is 4.74 Å². The molecule has 0 saturated heterocycles. The lowest BCUT2D eigenvalue weighted by atomic mass is 10.2. The molecule has 0 aliphatic rings. The molecule has 0 atom stereocenters. The summed E-state index contributed by atoms with van der Waals surface area (Å²) >= 11 is 0. The summed E-state index contributed by atoms with van der Waals surface area (Å²) in [6.07, 6.45) is 1.77. The van der Waals surface area contributed by atoms with Crippen LogP contribution in [-0.4, -0.2) is 23.6 Å². The van der Waals surface area contributed by atoms with Crippen LogP contribution in [-0.2, 0) is 0 Å². The summed E-state index contributed by atoms with van der Waals surface area (Å²) in [6, 6.07) is 18.0. The standard InChI is InChI=1S/C20H22N4O/c1-4-24(17-9-5-7-15(2)13-17)19-11-12-21-20(23-19)22-16-8-6-10-18(14-16)25-3/h5-14H,4H2,1-3H3,(H,21,22,23). The molecule has 0 amide bonds. The van der Waals surface area contributed by atoms with Crippen molar-refractivity contribution in [1.82, 2.24) is 9.97 Å². The minimum absolute atomic E-state index is 0.553. The number of nitrogens with one attached hydrogen (secondary N) is 1. The number of benzene rings is 2. The molecule has 0 aliphatic carbocycles. The zero-order valence-corrected chi connectivity index (χ0v) is 14.7. The van der Waals surface area contributed by atoms with E-state index in [1.165, 1.54) is 5.56 Å². The summed E-state index contributed by atoms with van der Waals surface area (Å²) in [5.74, 6) is 2.20. The van der Waals surface area contributed by atoms with Crippen molar-refractivity contribution >= 4 is 23.1 Å². The quantitative estimate of drug-likeness (QED) is 0.708. The molecule has 0 spiro atoms. The van der Waals surface area contributed by atoms with Gasteiger partial charge in [0.2, 0.25) is 5.95 Å². The number of aryl methyl sites for hydroxylation is 1. The molecule has 5 nitrogen and oxygen atoms in total. The second-order valence-corrected chi connectivity index (χ2v) is 5.68. The average molecular weight is 334 g/mol. The van der Waals surface area contributed by atoms with Gasteiger partial charge in [0.1, 0.15) is 11.6 Å². The molecule has 5 heteroatoms. The topological polar surface area (TPSA) is 50.3 Å². The summed E-state index contributed by atoms with van der Waals surface area (Å²) in [6.45, 7) is 5.02. The average Bonchev–Trinajstić information content (AvgIpc) is 2.63. The molecule has 128 valence electrons. The molecule has 0 unspecified atom stereocenters. The van der Waals surface area contributed by atoms with E-state index in [0.29, 0.717) is 5.95 Å². The first-order chi connectivity index (χ1) is 12.2. The lowest BCUT2D eigenvalue weighted by Gasteiger charge is -2.22. The van der Waals surface area contributed by atoms with Gasteiger partial charge in [0.25, 0.3) is 0 Å². The molecule has 0 fully saturated rings. The Bertz CT molecular complexity index is 850. The molecule has 0 radical (unpaired) electrons. The molecule has 0 saturated carbocycles. The van der Waals surface area contributed by atoms with E-state index < -0.39 is 0 Å². The van der Waals surface area contributed by atoms with E-state index in [1.54, 1.807) is 13.3 Å². The number of aromatic nitrogens is 2. The van der Waals surface area contributed by atoms with Crippen molar-refractivity contribution in [2.45, 2.75) is 13.8 Å². The lowest BCUT2D eigenvalue weighted by Crippen LogP contribution is -2.18. The third-order valence-electron chi connectivity index (χ3n) is 3.87. The van der Waals surface area contributed by atoms with Gasteiger partial charge in [0.15, 0.2) is 0 Å². The van der Waals surface area contributed by atoms with E-state index in [2.05, 4.69) is 58.3 Å². The van der Waals surface area contributed by atoms with Crippen molar-refractivity contribution in [3.05, 3.63) is 66.4 Å². The number of nitrogens with zero attached hydrogens (tertiary/aromatic N) is 3. The number of ether oxygens (including phenoxy) is 1. The third kappa shape index (κ3) is 4.07. The molecular weight excluding hydrogens is 312 g/mol. The third-order valence-corrected chi connectivity index (χ3v) is 3.87. The van der Waals surface area contributed by atoms with Gasteiger partial charge in [0.05, 0.1) is 7.11 Å². The van der Waals surface area contributed by atoms with Gasteiger partial charge in [0, 0.05) is 30.2 Å². The second-order valence-electron chi connectivity index (χ2n) is 5.68. The van der Waals surface area contributed by atoms with Crippen molar-refractivity contribution in [1.29, 1.82) is 0 Å². The van der Waals surface area contributed by atoms with Crippen LogP contribution in [0.15, 0.2) is 60.8 Å². The lowest BCUT2D eigenvalue weighted by molar-refractivity contribution is 0.415. The van der Waals surface area contributed by atoms with Gasteiger partial charge in [-0.15, -0.1) is 0 Å². The number of methoxy groups -OCH3 is 1. The second kappa shape index (κ2) is 7.66. The molecule has 1 aromatic heterocycles. The van der Waals surface area contributed by atoms with Gasteiger partial charge >= 0.3 is 0 Å². The maximum absolute atomic E-state index is 5.25. The fraction of sp³-hybridized carbons (Fsp3) is 0.200. The number of hydrogen-bond acceptors (Lipinski definition) is 5. The molecule has 2 aromatic carbocycles. The monoisotopic (exact) mass is 334 g/mol. The Hall–Kier alpha value is -3.08. The van der Waals surface area contributed by atoms with E-state index >= 15 is 0 Å². The first-order valence-corrected chi connectivity index (χ1v) is 8.28. The molecule has 1 heterocycles. The highest BCUT2D eigenvalue weighted by atomic mass is 16.5. The molecule has 1 N–H and O–H groups in total. The predicted molar refractivity (Wildman–Crippen MR) is 102 cm³/mol. The van der Waals surface area contributed by atoms with Crippen molar-refractivity contribution in [2.75, 3.05) is 23.9 Å². The van der Waals surface area contributed by atoms with Gasteiger partial charge < -0.3 is 15.0 Å². The van der Waals surface area contributed by atoms with Gasteiger partial charge in [-0.2, -0.15) is 4.98 Å². The van der Waals surface area contributed by atoms with Crippen LogP contribution in [0.5, 0.6) is 5.75 Å². The molecule has 0 aliphatic heterocycles. The highest BCUT2D eigenvalue weighted by molar-refractivity contribution is 5.63. The molecular formula is C20H22N4O. The Balaban J connectivity index is 1.87. The maximum atomic E-state index is 5.25. The fourth-order valence-corrected chi connectivity index (χ4v) is 2.66. The van der Waals surface area contributed by atoms with Crippen molar-refractivity contribution in [2.24, 2.45) is 0 Å². The Morgan fingerprint density at radius 1 is 1.08 bits per heavy atom. The molecule has 3 aromatic rings. The van der Waals surface area contributed by atoms with Crippen LogP contribution in [0.4, 0.5) is 23.1 Å². The zero-order valence-electron chi connectivity index (χ0n) is 14.7. The first-order valence-electron chi connectivity index (χ1n) is 8.28. The van der Waals surface area contributed by atoms with E-state index in [0.717, 1.165) is 29.5 Å². The Labute approximate surface area is 148 Å². The molecule has 0 bridgehead atoms. The van der Waals surface area contributed by atoms with Crippen LogP contribution < -0.4 is 15.0 Å². The van der Waals surface area contributed by atoms with Crippen LogP contribution in [0, 0.1) is 6.92 Å². The summed E-state index contributed by atoms with van der Waals surface area (Å²) < 4.78 is 5.25. The first kappa shape index (κ1) is 16.8. The summed E-state index contributed by atoms with van der Waals surface area (Å²) in [5.41, 5.74) is 3.23. The normalized spacial score (nSPS) is 10.4. The molecule has 25 heavy (non-hydrogen) atoms. The van der Waals surface area contributed by atoms with Gasteiger partial charge in [-0.3, -0.25) is 0 Å². The van der Waals surface area contributed by atoms with E-state index in [1.807, 2.05) is 30.3 Å². The highest BCUT2D eigenvalue weighted by Crippen LogP contribution is 2.25. The SMILES string of the molecule is CCN(c1cccc(C)c1)c1ccnc(Nc2cccc(OC)c2)n1. The Kier molecular flexibility index (Phi) is 5.14. The highest BCUT2D eigenvalue weighted by Gasteiger charge is 2.10. The van der Waals surface area contributed by atoms with E-state index in [-0.39, 0.29) is 0 Å². The van der Waals surface area contributed by atoms with Crippen LogP contribution in [0.25, 0.3) is 0 Å². The summed E-state index contributed by atoms with van der Waals surface area (Å²) in [5, 5.41) is 3.23. The Morgan fingerprint density at radius 2 is 1.92 bits per heavy atom. The van der Waals surface area contributed by atoms with Crippen molar-refractivity contribution in [3.63, 3.8) is 0 Å². The van der Waals surface area contributed by atoms with Crippen LogP contribution in [0.2, 0.25) is 0 Å². The minimum atomic E-state index is 0.553. The van der Waals surface area contributed by atoms with Gasteiger partial charge in [-0.05, 0) is 49.7 Å². The maximum Gasteiger partial charge on any atom is 0.229 e. The largest absolute Gasteiger partial charge is 0.497 e. The van der Waals surface area contributed by atoms with Gasteiger partial charge in [-0.1, -0.05) is 18.2 Å². The Morgan fingerprint density at radius 3 is 2.68 bits per heavy atom. The summed E-state index contributed by atoms with van der Waals surface area (Å²) in [4.78, 5) is 11.2. The number of anilines is 4. The smallest absolute Gasteiger partial charge is 0.229 e. The number of rotatable bonds is 6. The van der Waals surface area contributed by atoms with Crippen LogP contribution in [0.1, 0.15) is 12.5 Å². The van der Waals surface area contributed by atoms with Crippen LogP contribution >= 0.6 is 0 Å².